The van der Waals surface area contributed by atoms with Crippen LogP contribution in [-0.4, -0.2) is 59.8 Å². The monoisotopic (exact) mass is 242 g/mol. The average molecular weight is 242 g/mol. The van der Waals surface area contributed by atoms with Gasteiger partial charge in [-0.05, 0) is 26.2 Å². The van der Waals surface area contributed by atoms with Crippen LogP contribution in [-0.2, 0) is 0 Å². The zero-order chi connectivity index (χ0) is 12.9. The van der Waals surface area contributed by atoms with Crippen LogP contribution in [0, 0.1) is 5.92 Å². The van der Waals surface area contributed by atoms with E-state index < -0.39 is 5.60 Å². The Hall–Kier alpha value is -0.120. The summed E-state index contributed by atoms with van der Waals surface area (Å²) in [6.45, 7) is 14.9. The summed E-state index contributed by atoms with van der Waals surface area (Å²) in [7, 11) is 0. The van der Waals surface area contributed by atoms with E-state index in [1.807, 2.05) is 13.8 Å². The van der Waals surface area contributed by atoms with Crippen molar-refractivity contribution in [3.05, 3.63) is 0 Å². The molecule has 1 unspecified atom stereocenters. The van der Waals surface area contributed by atoms with Gasteiger partial charge in [0.25, 0.3) is 0 Å². The van der Waals surface area contributed by atoms with E-state index in [4.69, 9.17) is 0 Å². The molecule has 1 atom stereocenters. The van der Waals surface area contributed by atoms with Crippen molar-refractivity contribution in [3.8, 4) is 0 Å². The van der Waals surface area contributed by atoms with Crippen LogP contribution in [0.2, 0.25) is 0 Å². The summed E-state index contributed by atoms with van der Waals surface area (Å²) < 4.78 is 0. The molecule has 0 aromatic heterocycles. The lowest BCUT2D eigenvalue weighted by Gasteiger charge is -2.38. The Morgan fingerprint density at radius 2 is 1.65 bits per heavy atom. The second kappa shape index (κ2) is 6.72. The van der Waals surface area contributed by atoms with Crippen LogP contribution in [0.15, 0.2) is 0 Å². The number of piperazine rings is 1. The van der Waals surface area contributed by atoms with Crippen LogP contribution in [0.4, 0.5) is 0 Å². The molecule has 3 heteroatoms. The third kappa shape index (κ3) is 6.39. The topological polar surface area (TPSA) is 26.7 Å². The molecule has 1 aliphatic rings. The van der Waals surface area contributed by atoms with E-state index in [0.717, 1.165) is 38.6 Å². The van der Waals surface area contributed by atoms with Gasteiger partial charge < -0.3 is 10.0 Å². The fourth-order valence-corrected chi connectivity index (χ4v) is 2.70. The van der Waals surface area contributed by atoms with Crippen LogP contribution in [0.25, 0.3) is 0 Å². The highest BCUT2D eigenvalue weighted by molar-refractivity contribution is 4.78. The minimum Gasteiger partial charge on any atom is -0.389 e. The van der Waals surface area contributed by atoms with Crippen molar-refractivity contribution in [2.45, 2.75) is 46.1 Å². The van der Waals surface area contributed by atoms with E-state index in [-0.39, 0.29) is 0 Å². The van der Waals surface area contributed by atoms with Gasteiger partial charge in [-0.25, -0.2) is 0 Å². The number of hydrogen-bond acceptors (Lipinski definition) is 3. The van der Waals surface area contributed by atoms with E-state index in [1.165, 1.54) is 19.4 Å². The van der Waals surface area contributed by atoms with Crippen molar-refractivity contribution in [1.29, 1.82) is 0 Å². The number of β-amino-alcohol motifs (C(OH)–C–C–N with tert-alkyl or cyclic N) is 1. The highest BCUT2D eigenvalue weighted by Gasteiger charge is 2.23. The Morgan fingerprint density at radius 1 is 1.12 bits per heavy atom. The predicted molar refractivity (Wildman–Crippen MR) is 73.2 cm³/mol. The van der Waals surface area contributed by atoms with E-state index in [1.54, 1.807) is 0 Å². The second-order valence-electron chi connectivity index (χ2n) is 6.28. The summed E-state index contributed by atoms with van der Waals surface area (Å²) in [4.78, 5) is 4.95. The summed E-state index contributed by atoms with van der Waals surface area (Å²) in [6.07, 6.45) is 2.63. The molecule has 102 valence electrons. The number of rotatable bonds is 6. The number of aliphatic hydroxyl groups is 1. The molecule has 0 bridgehead atoms. The molecular formula is C14H30N2O. The Labute approximate surface area is 107 Å². The molecule has 1 fully saturated rings. The predicted octanol–water partition coefficient (Wildman–Crippen LogP) is 1.81. The van der Waals surface area contributed by atoms with Gasteiger partial charge in [0, 0.05) is 39.3 Å². The maximum Gasteiger partial charge on any atom is 0.0718 e. The maximum absolute atomic E-state index is 9.80. The Bertz CT molecular complexity index is 205. The van der Waals surface area contributed by atoms with E-state index in [0.29, 0.717) is 0 Å². The smallest absolute Gasteiger partial charge is 0.0718 e. The van der Waals surface area contributed by atoms with Crippen LogP contribution < -0.4 is 0 Å². The van der Waals surface area contributed by atoms with Gasteiger partial charge in [0.1, 0.15) is 0 Å². The molecule has 1 saturated heterocycles. The Balaban J connectivity index is 2.21. The van der Waals surface area contributed by atoms with Crippen molar-refractivity contribution in [3.63, 3.8) is 0 Å². The van der Waals surface area contributed by atoms with Crippen LogP contribution in [0.3, 0.4) is 0 Å². The lowest BCUT2D eigenvalue weighted by molar-refractivity contribution is 0.0159. The molecule has 0 radical (unpaired) electrons. The van der Waals surface area contributed by atoms with Gasteiger partial charge in [-0.15, -0.1) is 0 Å². The summed E-state index contributed by atoms with van der Waals surface area (Å²) in [6, 6.07) is 0. The molecule has 1 heterocycles. The van der Waals surface area contributed by atoms with E-state index in [2.05, 4.69) is 23.6 Å². The second-order valence-corrected chi connectivity index (χ2v) is 6.28. The third-order valence-electron chi connectivity index (χ3n) is 3.43. The first-order chi connectivity index (χ1) is 7.90. The molecule has 1 aliphatic heterocycles. The highest BCUT2D eigenvalue weighted by atomic mass is 16.3. The van der Waals surface area contributed by atoms with Gasteiger partial charge in [0.05, 0.1) is 5.60 Å². The molecule has 1 N–H and O–H groups in total. The first-order valence-electron chi connectivity index (χ1n) is 7.08. The van der Waals surface area contributed by atoms with Crippen molar-refractivity contribution < 1.29 is 5.11 Å². The molecule has 0 aromatic carbocycles. The van der Waals surface area contributed by atoms with E-state index >= 15 is 0 Å². The first-order valence-corrected chi connectivity index (χ1v) is 7.08. The standard InChI is InChI=1S/C14H30N2O/c1-5-6-13(2)11-15-7-9-16(10-8-15)12-14(3,4)17/h13,17H,5-12H2,1-4H3. The van der Waals surface area contributed by atoms with Crippen molar-refractivity contribution in [2.24, 2.45) is 5.92 Å². The van der Waals surface area contributed by atoms with Gasteiger partial charge in [-0.3, -0.25) is 4.90 Å². The van der Waals surface area contributed by atoms with Crippen LogP contribution in [0.1, 0.15) is 40.5 Å². The zero-order valence-electron chi connectivity index (χ0n) is 12.1. The van der Waals surface area contributed by atoms with Gasteiger partial charge >= 0.3 is 0 Å². The Kier molecular flexibility index (Phi) is 5.90. The number of nitrogens with zero attached hydrogens (tertiary/aromatic N) is 2. The fourth-order valence-electron chi connectivity index (χ4n) is 2.70. The first kappa shape index (κ1) is 14.9. The average Bonchev–Trinajstić information content (AvgIpc) is 2.19. The van der Waals surface area contributed by atoms with Gasteiger partial charge in [0.2, 0.25) is 0 Å². The minimum atomic E-state index is -0.558. The van der Waals surface area contributed by atoms with E-state index in [9.17, 15) is 5.11 Å². The largest absolute Gasteiger partial charge is 0.389 e. The van der Waals surface area contributed by atoms with Gasteiger partial charge in [0.15, 0.2) is 0 Å². The summed E-state index contributed by atoms with van der Waals surface area (Å²) >= 11 is 0. The zero-order valence-corrected chi connectivity index (χ0v) is 12.1. The van der Waals surface area contributed by atoms with Crippen molar-refractivity contribution in [1.82, 2.24) is 9.80 Å². The lowest BCUT2D eigenvalue weighted by atomic mass is 10.0. The normalized spacial score (nSPS) is 21.7. The van der Waals surface area contributed by atoms with Crippen LogP contribution >= 0.6 is 0 Å². The molecule has 1 rings (SSSR count). The highest BCUT2D eigenvalue weighted by Crippen LogP contribution is 2.12. The molecular weight excluding hydrogens is 212 g/mol. The quantitative estimate of drug-likeness (QED) is 0.769. The molecule has 0 saturated carbocycles. The SMILES string of the molecule is CCCC(C)CN1CCN(CC(C)(C)O)CC1. The molecule has 0 aromatic rings. The summed E-state index contributed by atoms with van der Waals surface area (Å²) in [5.41, 5.74) is -0.558. The van der Waals surface area contributed by atoms with Crippen LogP contribution in [0.5, 0.6) is 0 Å². The van der Waals surface area contributed by atoms with Gasteiger partial charge in [-0.1, -0.05) is 20.3 Å². The molecule has 0 aliphatic carbocycles. The molecule has 0 amide bonds. The Morgan fingerprint density at radius 3 is 2.12 bits per heavy atom. The maximum atomic E-state index is 9.80. The third-order valence-corrected chi connectivity index (χ3v) is 3.43. The lowest BCUT2D eigenvalue weighted by Crippen LogP contribution is -2.51. The minimum absolute atomic E-state index is 0.558. The summed E-state index contributed by atoms with van der Waals surface area (Å²) in [5, 5.41) is 9.80. The summed E-state index contributed by atoms with van der Waals surface area (Å²) in [5.74, 6) is 0.820. The van der Waals surface area contributed by atoms with Crippen molar-refractivity contribution >= 4 is 0 Å². The molecule has 0 spiro atoms. The number of hydrogen-bond donors (Lipinski definition) is 1. The van der Waals surface area contributed by atoms with Crippen molar-refractivity contribution in [2.75, 3.05) is 39.3 Å². The fraction of sp³-hybridized carbons (Fsp3) is 1.00. The molecule has 17 heavy (non-hydrogen) atoms. The molecule has 3 nitrogen and oxygen atoms in total. The van der Waals surface area contributed by atoms with Gasteiger partial charge in [-0.2, -0.15) is 0 Å².